The van der Waals surface area contributed by atoms with Crippen LogP contribution in [-0.2, 0) is 24.0 Å². The first-order valence-electron chi connectivity index (χ1n) is 6.86. The molecule has 0 radical (unpaired) electrons. The predicted molar refractivity (Wildman–Crippen MR) is 59.0 cm³/mol. The van der Waals surface area contributed by atoms with Crippen molar-refractivity contribution in [1.29, 1.82) is 0 Å². The Hall–Kier alpha value is -0.650. The van der Waals surface area contributed by atoms with Gasteiger partial charge in [-0.2, -0.15) is 0 Å². The molecule has 1 aliphatic carbocycles. The highest BCUT2D eigenvalue weighted by atomic mass is 17.3. The lowest BCUT2D eigenvalue weighted by molar-refractivity contribution is -0.555. The Balaban J connectivity index is 1.80. The van der Waals surface area contributed by atoms with Crippen molar-refractivity contribution >= 4 is 5.97 Å². The Morgan fingerprint density at radius 2 is 2.00 bits per heavy atom. The van der Waals surface area contributed by atoms with Gasteiger partial charge in [-0.1, -0.05) is 6.42 Å². The summed E-state index contributed by atoms with van der Waals surface area (Å²) >= 11 is 0. The quantitative estimate of drug-likeness (QED) is 0.488. The topological polar surface area (TPSA) is 54.0 Å². The molecule has 0 unspecified atom stereocenters. The van der Waals surface area contributed by atoms with Crippen LogP contribution in [-0.4, -0.2) is 23.6 Å². The number of rotatable bonds is 0. The molecule has 5 nitrogen and oxygen atoms in total. The van der Waals surface area contributed by atoms with E-state index in [4.69, 9.17) is 19.2 Å². The fraction of sp³-hybridized carbons (Fsp3) is 0.923. The van der Waals surface area contributed by atoms with Crippen molar-refractivity contribution in [3.63, 3.8) is 0 Å². The maximum Gasteiger partial charge on any atom is 0.308 e. The van der Waals surface area contributed by atoms with E-state index in [0.717, 1.165) is 32.1 Å². The summed E-state index contributed by atoms with van der Waals surface area (Å²) < 4.78 is 11.3. The Labute approximate surface area is 106 Å². The minimum absolute atomic E-state index is 0.170. The largest absolute Gasteiger partial charge is 0.432 e. The van der Waals surface area contributed by atoms with Crippen LogP contribution in [0.3, 0.4) is 0 Å². The van der Waals surface area contributed by atoms with Crippen molar-refractivity contribution < 1.29 is 24.0 Å². The van der Waals surface area contributed by atoms with Crippen LogP contribution < -0.4 is 0 Å². The molecule has 0 aromatic carbocycles. The molecule has 0 aromatic heterocycles. The van der Waals surface area contributed by atoms with E-state index in [1.165, 1.54) is 0 Å². The van der Waals surface area contributed by atoms with Crippen molar-refractivity contribution in [3.8, 4) is 0 Å². The third-order valence-corrected chi connectivity index (χ3v) is 5.07. The van der Waals surface area contributed by atoms with Gasteiger partial charge in [0, 0.05) is 12.3 Å². The molecule has 1 spiro atoms. The van der Waals surface area contributed by atoms with Gasteiger partial charge in [0.05, 0.1) is 6.42 Å². The van der Waals surface area contributed by atoms with Gasteiger partial charge in [0.1, 0.15) is 0 Å². The van der Waals surface area contributed by atoms with Crippen LogP contribution in [0.2, 0.25) is 0 Å². The molecule has 100 valence electrons. The normalized spacial score (nSPS) is 54.5. The minimum Gasteiger partial charge on any atom is -0.432 e. The van der Waals surface area contributed by atoms with Crippen LogP contribution in [0.5, 0.6) is 0 Å². The zero-order chi connectivity index (χ0) is 12.4. The average Bonchev–Trinajstić information content (AvgIpc) is 2.55. The molecule has 1 saturated carbocycles. The number of esters is 1. The van der Waals surface area contributed by atoms with E-state index in [1.807, 2.05) is 6.92 Å². The number of carbonyl (C=O) groups is 1. The molecule has 0 amide bonds. The molecule has 0 aromatic rings. The van der Waals surface area contributed by atoms with Gasteiger partial charge in [-0.05, 0) is 32.1 Å². The molecule has 5 rings (SSSR count). The summed E-state index contributed by atoms with van der Waals surface area (Å²) in [6.07, 6.45) is 4.89. The van der Waals surface area contributed by atoms with Gasteiger partial charge in [0.2, 0.25) is 12.1 Å². The zero-order valence-corrected chi connectivity index (χ0v) is 10.5. The van der Waals surface area contributed by atoms with E-state index in [2.05, 4.69) is 0 Å². The van der Waals surface area contributed by atoms with Crippen LogP contribution in [0, 0.1) is 11.8 Å². The number of hydrogen-bond donors (Lipinski definition) is 0. The van der Waals surface area contributed by atoms with Crippen LogP contribution in [0.25, 0.3) is 0 Å². The number of ether oxygens (including phenoxy) is 2. The van der Waals surface area contributed by atoms with Gasteiger partial charge < -0.3 is 9.47 Å². The molecule has 18 heavy (non-hydrogen) atoms. The first-order valence-corrected chi connectivity index (χ1v) is 6.86. The maximum atomic E-state index is 11.7. The summed E-state index contributed by atoms with van der Waals surface area (Å²) in [5, 5.41) is 0. The molecule has 5 aliphatic rings. The second-order valence-electron chi connectivity index (χ2n) is 6.16. The zero-order valence-electron chi connectivity index (χ0n) is 10.5. The standard InChI is InChI=1S/C13H18O5/c1-12-6-5-8-3-2-4-9-7-10(14)15-11(16-12)13(8,9)18-17-12/h8-9,11H,2-7H2,1H3/t8-,9+,11-,12-,13-/m1/s1. The second-order valence-corrected chi connectivity index (χ2v) is 6.16. The van der Waals surface area contributed by atoms with Gasteiger partial charge in [0.25, 0.3) is 0 Å². The van der Waals surface area contributed by atoms with Crippen LogP contribution in [0.4, 0.5) is 0 Å². The van der Waals surface area contributed by atoms with E-state index in [0.29, 0.717) is 12.3 Å². The highest BCUT2D eigenvalue weighted by molar-refractivity contribution is 5.71. The van der Waals surface area contributed by atoms with E-state index < -0.39 is 17.7 Å². The van der Waals surface area contributed by atoms with Crippen LogP contribution >= 0.6 is 0 Å². The predicted octanol–water partition coefficient (Wildman–Crippen LogP) is 1.90. The third kappa shape index (κ3) is 1.30. The van der Waals surface area contributed by atoms with Crippen molar-refractivity contribution in [2.24, 2.45) is 11.8 Å². The van der Waals surface area contributed by atoms with Gasteiger partial charge in [-0.25, -0.2) is 9.78 Å². The van der Waals surface area contributed by atoms with Crippen molar-refractivity contribution in [3.05, 3.63) is 0 Å². The summed E-state index contributed by atoms with van der Waals surface area (Å²) in [6, 6.07) is 0. The van der Waals surface area contributed by atoms with Crippen molar-refractivity contribution in [2.45, 2.75) is 63.1 Å². The smallest absolute Gasteiger partial charge is 0.308 e. The van der Waals surface area contributed by atoms with E-state index in [-0.39, 0.29) is 11.9 Å². The molecule has 2 bridgehead atoms. The van der Waals surface area contributed by atoms with Crippen LogP contribution in [0.1, 0.15) is 45.4 Å². The van der Waals surface area contributed by atoms with E-state index in [9.17, 15) is 4.79 Å². The Bertz CT molecular complexity index is 397. The molecular formula is C13H18O5. The SMILES string of the molecule is C[C@@]12CC[C@H]3CCC[C@H]4CC(=O)O[C@H](O1)[C@@]34OO2. The van der Waals surface area contributed by atoms with Crippen LogP contribution in [0.15, 0.2) is 0 Å². The van der Waals surface area contributed by atoms with Gasteiger partial charge in [-0.3, -0.25) is 4.79 Å². The highest BCUT2D eigenvalue weighted by Crippen LogP contribution is 2.56. The fourth-order valence-corrected chi connectivity index (χ4v) is 4.11. The summed E-state index contributed by atoms with van der Waals surface area (Å²) in [5.41, 5.74) is -0.553. The Kier molecular flexibility index (Phi) is 2.16. The van der Waals surface area contributed by atoms with Gasteiger partial charge >= 0.3 is 5.97 Å². The van der Waals surface area contributed by atoms with Crippen molar-refractivity contribution in [1.82, 2.24) is 0 Å². The number of hydrogen-bond acceptors (Lipinski definition) is 5. The van der Waals surface area contributed by atoms with E-state index >= 15 is 0 Å². The minimum atomic E-state index is -0.768. The van der Waals surface area contributed by atoms with Gasteiger partial charge in [0.15, 0.2) is 5.60 Å². The molecule has 4 heterocycles. The molecule has 0 N–H and O–H groups in total. The number of carbonyl (C=O) groups excluding carboxylic acids is 1. The maximum absolute atomic E-state index is 11.7. The molecule has 5 fully saturated rings. The molecular weight excluding hydrogens is 236 g/mol. The third-order valence-electron chi connectivity index (χ3n) is 5.07. The lowest BCUT2D eigenvalue weighted by atomic mass is 9.64. The number of fused-ring (bicyclic) bond motifs is 2. The summed E-state index contributed by atoms with van der Waals surface area (Å²) in [4.78, 5) is 23.0. The lowest BCUT2D eigenvalue weighted by Gasteiger charge is -2.54. The molecule has 5 heteroatoms. The van der Waals surface area contributed by atoms with E-state index in [1.54, 1.807) is 0 Å². The fourth-order valence-electron chi connectivity index (χ4n) is 4.11. The monoisotopic (exact) mass is 254 g/mol. The Morgan fingerprint density at radius 1 is 1.17 bits per heavy atom. The first-order chi connectivity index (χ1) is 8.62. The molecule has 5 atom stereocenters. The summed E-state index contributed by atoms with van der Waals surface area (Å²) in [7, 11) is 0. The van der Waals surface area contributed by atoms with Gasteiger partial charge in [-0.15, -0.1) is 0 Å². The average molecular weight is 254 g/mol. The second kappa shape index (κ2) is 3.46. The molecule has 4 saturated heterocycles. The first kappa shape index (κ1) is 11.2. The highest BCUT2D eigenvalue weighted by Gasteiger charge is 2.67. The van der Waals surface area contributed by atoms with Crippen molar-refractivity contribution in [2.75, 3.05) is 0 Å². The lowest BCUT2D eigenvalue weighted by Crippen LogP contribution is -2.66. The summed E-state index contributed by atoms with van der Waals surface area (Å²) in [6.45, 7) is 1.86. The molecule has 4 aliphatic heterocycles. The Morgan fingerprint density at radius 3 is 2.89 bits per heavy atom. The summed E-state index contributed by atoms with van der Waals surface area (Å²) in [5.74, 6) is -0.394.